The van der Waals surface area contributed by atoms with Gasteiger partial charge in [0.05, 0.1) is 21.4 Å². The van der Waals surface area contributed by atoms with Crippen molar-refractivity contribution < 1.29 is 9.32 Å². The monoisotopic (exact) mass is 486 g/mol. The first-order valence-corrected chi connectivity index (χ1v) is 10.2. The highest BCUT2D eigenvalue weighted by Crippen LogP contribution is 2.32. The van der Waals surface area contributed by atoms with E-state index in [1.165, 1.54) is 0 Å². The number of aryl methyl sites for hydroxylation is 1. The van der Waals surface area contributed by atoms with Crippen molar-refractivity contribution in [2.45, 2.75) is 25.8 Å². The van der Waals surface area contributed by atoms with E-state index in [1.54, 1.807) is 25.1 Å². The lowest BCUT2D eigenvalue weighted by Gasteiger charge is -2.26. The SMILES string of the molecule is Cc1[nH]c(C(=O)Nc2ccc(-c3noc(=O)[nH]3)cc2NC2CCNCC2)c(Cl)c1Cl.Cl. The molecule has 1 aliphatic rings. The van der Waals surface area contributed by atoms with E-state index in [0.717, 1.165) is 25.9 Å². The van der Waals surface area contributed by atoms with Crippen LogP contribution in [0.4, 0.5) is 11.4 Å². The number of hydrogen-bond acceptors (Lipinski definition) is 6. The fraction of sp³-hybridized carbons (Fsp3) is 0.316. The van der Waals surface area contributed by atoms with Gasteiger partial charge in [-0.25, -0.2) is 4.79 Å². The number of amides is 1. The first-order valence-electron chi connectivity index (χ1n) is 9.45. The maximum absolute atomic E-state index is 12.8. The third kappa shape index (κ3) is 5.07. The van der Waals surface area contributed by atoms with Gasteiger partial charge in [0.15, 0.2) is 5.82 Å². The molecule has 3 heterocycles. The van der Waals surface area contributed by atoms with Crippen molar-refractivity contribution in [1.29, 1.82) is 0 Å². The molecular weight excluding hydrogens is 467 g/mol. The van der Waals surface area contributed by atoms with Crippen LogP contribution in [0.3, 0.4) is 0 Å². The highest BCUT2D eigenvalue weighted by molar-refractivity contribution is 6.44. The van der Waals surface area contributed by atoms with Gasteiger partial charge in [0.1, 0.15) is 5.69 Å². The molecule has 1 amide bonds. The summed E-state index contributed by atoms with van der Waals surface area (Å²) < 4.78 is 4.60. The van der Waals surface area contributed by atoms with Crippen LogP contribution in [-0.2, 0) is 0 Å². The zero-order chi connectivity index (χ0) is 21.3. The van der Waals surface area contributed by atoms with Gasteiger partial charge in [-0.3, -0.25) is 14.3 Å². The lowest BCUT2D eigenvalue weighted by Crippen LogP contribution is -2.35. The van der Waals surface area contributed by atoms with Crippen molar-refractivity contribution in [3.63, 3.8) is 0 Å². The largest absolute Gasteiger partial charge is 0.439 e. The van der Waals surface area contributed by atoms with Crippen molar-refractivity contribution in [2.24, 2.45) is 0 Å². The average molecular weight is 488 g/mol. The molecule has 1 saturated heterocycles. The minimum absolute atomic E-state index is 0. The molecule has 0 bridgehead atoms. The predicted octanol–water partition coefficient (Wildman–Crippen LogP) is 3.81. The zero-order valence-corrected chi connectivity index (χ0v) is 18.8. The molecule has 0 saturated carbocycles. The van der Waals surface area contributed by atoms with Gasteiger partial charge < -0.3 is 20.9 Å². The molecule has 0 aliphatic carbocycles. The number of benzene rings is 1. The highest BCUT2D eigenvalue weighted by atomic mass is 35.5. The molecule has 0 unspecified atom stereocenters. The first kappa shape index (κ1) is 23.2. The topological polar surface area (TPSA) is 128 Å². The van der Waals surface area contributed by atoms with Crippen LogP contribution in [0.2, 0.25) is 10.0 Å². The molecule has 166 valence electrons. The van der Waals surface area contributed by atoms with Gasteiger partial charge in [-0.2, -0.15) is 0 Å². The number of aromatic nitrogens is 3. The highest BCUT2D eigenvalue weighted by Gasteiger charge is 2.21. The Morgan fingerprint density at radius 3 is 2.52 bits per heavy atom. The third-order valence-corrected chi connectivity index (χ3v) is 5.91. The fourth-order valence-electron chi connectivity index (χ4n) is 3.37. The summed E-state index contributed by atoms with van der Waals surface area (Å²) in [4.78, 5) is 29.5. The molecule has 31 heavy (non-hydrogen) atoms. The van der Waals surface area contributed by atoms with Gasteiger partial charge in [0, 0.05) is 17.3 Å². The summed E-state index contributed by atoms with van der Waals surface area (Å²) in [5.74, 6) is -0.740. The van der Waals surface area contributed by atoms with Crippen molar-refractivity contribution in [3.8, 4) is 11.4 Å². The Morgan fingerprint density at radius 2 is 1.90 bits per heavy atom. The second-order valence-electron chi connectivity index (χ2n) is 7.08. The Balaban J connectivity index is 0.00000272. The lowest BCUT2D eigenvalue weighted by molar-refractivity contribution is 0.102. The Morgan fingerprint density at radius 1 is 1.16 bits per heavy atom. The number of anilines is 2. The van der Waals surface area contributed by atoms with E-state index < -0.39 is 11.7 Å². The van der Waals surface area contributed by atoms with Gasteiger partial charge in [0.25, 0.3) is 5.91 Å². The summed E-state index contributed by atoms with van der Waals surface area (Å²) in [6.07, 6.45) is 1.88. The van der Waals surface area contributed by atoms with E-state index in [1.807, 2.05) is 0 Å². The molecule has 0 spiro atoms. The second-order valence-corrected chi connectivity index (χ2v) is 7.84. The number of carbonyl (C=O) groups excluding carboxylic acids is 1. The average Bonchev–Trinajstić information content (AvgIpc) is 3.28. The summed E-state index contributed by atoms with van der Waals surface area (Å²) in [5.41, 5.74) is 2.71. The van der Waals surface area contributed by atoms with Crippen LogP contribution in [0, 0.1) is 6.92 Å². The Hall–Kier alpha value is -2.46. The maximum Gasteiger partial charge on any atom is 0.439 e. The van der Waals surface area contributed by atoms with Gasteiger partial charge in [-0.15, -0.1) is 12.4 Å². The van der Waals surface area contributed by atoms with Crippen molar-refractivity contribution in [2.75, 3.05) is 23.7 Å². The van der Waals surface area contributed by atoms with Crippen molar-refractivity contribution in [3.05, 3.63) is 50.2 Å². The van der Waals surface area contributed by atoms with Crippen LogP contribution >= 0.6 is 35.6 Å². The molecule has 0 atom stereocenters. The normalized spacial score (nSPS) is 14.2. The number of carbonyl (C=O) groups is 1. The molecule has 3 aromatic rings. The van der Waals surface area contributed by atoms with Crippen LogP contribution in [0.5, 0.6) is 0 Å². The molecule has 12 heteroatoms. The molecular formula is C19H21Cl3N6O3. The smallest absolute Gasteiger partial charge is 0.381 e. The Kier molecular flexibility index (Phi) is 7.32. The quantitative estimate of drug-likeness (QED) is 0.372. The van der Waals surface area contributed by atoms with E-state index in [4.69, 9.17) is 23.2 Å². The van der Waals surface area contributed by atoms with Gasteiger partial charge in [0.2, 0.25) is 0 Å². The fourth-order valence-corrected chi connectivity index (χ4v) is 3.79. The number of piperidine rings is 1. The molecule has 1 aromatic carbocycles. The van der Waals surface area contributed by atoms with Crippen LogP contribution in [0.1, 0.15) is 29.0 Å². The zero-order valence-electron chi connectivity index (χ0n) is 16.5. The van der Waals surface area contributed by atoms with Gasteiger partial charge >= 0.3 is 5.76 Å². The summed E-state index contributed by atoms with van der Waals surface area (Å²) in [6, 6.07) is 5.50. The van der Waals surface area contributed by atoms with Crippen molar-refractivity contribution in [1.82, 2.24) is 20.4 Å². The van der Waals surface area contributed by atoms with Crippen LogP contribution in [-0.4, -0.2) is 40.2 Å². The molecule has 1 fully saturated rings. The first-order chi connectivity index (χ1) is 14.4. The third-order valence-electron chi connectivity index (χ3n) is 4.96. The number of aromatic amines is 2. The molecule has 5 N–H and O–H groups in total. The van der Waals surface area contributed by atoms with E-state index in [0.29, 0.717) is 33.5 Å². The van der Waals surface area contributed by atoms with E-state index >= 15 is 0 Å². The maximum atomic E-state index is 12.8. The second kappa shape index (κ2) is 9.78. The molecule has 1 aliphatic heterocycles. The summed E-state index contributed by atoms with van der Waals surface area (Å²) in [6.45, 7) is 3.56. The molecule has 0 radical (unpaired) electrons. The molecule has 9 nitrogen and oxygen atoms in total. The molecule has 2 aromatic heterocycles. The number of rotatable bonds is 5. The number of H-pyrrole nitrogens is 2. The minimum Gasteiger partial charge on any atom is -0.381 e. The minimum atomic E-state index is -0.635. The number of hydrogen-bond donors (Lipinski definition) is 5. The summed E-state index contributed by atoms with van der Waals surface area (Å²) in [7, 11) is 0. The standard InChI is InChI=1S/C19H20Cl2N6O3.ClH/c1-9-14(20)15(21)16(23-9)18(28)25-12-3-2-10(17-26-19(29)30-27-17)8-13(12)24-11-4-6-22-7-5-11;/h2-3,8,11,22-24H,4-7H2,1H3,(H,25,28)(H,26,27,29);1H. The Bertz CT molecular complexity index is 1130. The van der Waals surface area contributed by atoms with Crippen LogP contribution < -0.4 is 21.7 Å². The van der Waals surface area contributed by atoms with E-state index in [9.17, 15) is 9.59 Å². The summed E-state index contributed by atoms with van der Waals surface area (Å²) in [5, 5.41) is 13.9. The van der Waals surface area contributed by atoms with Crippen LogP contribution in [0.25, 0.3) is 11.4 Å². The molecule has 4 rings (SSSR count). The summed E-state index contributed by atoms with van der Waals surface area (Å²) >= 11 is 12.3. The van der Waals surface area contributed by atoms with E-state index in [-0.39, 0.29) is 29.2 Å². The number of halogens is 3. The lowest BCUT2D eigenvalue weighted by atomic mass is 10.1. The number of nitrogens with zero attached hydrogens (tertiary/aromatic N) is 1. The predicted molar refractivity (Wildman–Crippen MR) is 123 cm³/mol. The van der Waals surface area contributed by atoms with E-state index in [2.05, 4.69) is 35.6 Å². The number of nitrogens with one attached hydrogen (secondary N) is 5. The van der Waals surface area contributed by atoms with Gasteiger partial charge in [-0.05, 0) is 51.1 Å². The Labute approximate surface area is 193 Å². The van der Waals surface area contributed by atoms with Crippen LogP contribution in [0.15, 0.2) is 27.5 Å². The van der Waals surface area contributed by atoms with Crippen molar-refractivity contribution >= 4 is 52.9 Å². The van der Waals surface area contributed by atoms with Gasteiger partial charge in [-0.1, -0.05) is 28.4 Å².